The predicted octanol–water partition coefficient (Wildman–Crippen LogP) is 2.84. The highest BCUT2D eigenvalue weighted by molar-refractivity contribution is 5.93. The van der Waals surface area contributed by atoms with Crippen molar-refractivity contribution in [3.05, 3.63) is 41.8 Å². The molecule has 4 nitrogen and oxygen atoms in total. The third-order valence-electron chi connectivity index (χ3n) is 3.59. The van der Waals surface area contributed by atoms with Crippen LogP contribution in [0.1, 0.15) is 29.8 Å². The van der Waals surface area contributed by atoms with Crippen molar-refractivity contribution >= 4 is 5.91 Å². The first-order valence-corrected chi connectivity index (χ1v) is 6.85. The fraction of sp³-hybridized carbons (Fsp3) is 0.333. The Hall–Kier alpha value is -2.17. The van der Waals surface area contributed by atoms with E-state index in [0.717, 1.165) is 31.5 Å². The van der Waals surface area contributed by atoms with Gasteiger partial charge in [-0.15, -0.1) is 0 Å². The molecule has 1 aliphatic rings. The lowest BCUT2D eigenvalue weighted by molar-refractivity contribution is 0.0718. The highest BCUT2D eigenvalue weighted by Crippen LogP contribution is 2.19. The normalized spacial score (nSPS) is 15.3. The Kier molecular flexibility index (Phi) is 3.50. The number of halogens is 1. The Morgan fingerprint density at radius 3 is 2.55 bits per heavy atom. The quantitative estimate of drug-likeness (QED) is 0.914. The average Bonchev–Trinajstić information content (AvgIpc) is 2.98. The van der Waals surface area contributed by atoms with E-state index in [2.05, 4.69) is 10.2 Å². The number of aromatic amines is 1. The average molecular weight is 273 g/mol. The monoisotopic (exact) mass is 273 g/mol. The summed E-state index contributed by atoms with van der Waals surface area (Å²) in [5, 5.41) is 6.92. The predicted molar refractivity (Wildman–Crippen MR) is 73.7 cm³/mol. The van der Waals surface area contributed by atoms with Gasteiger partial charge in [-0.05, 0) is 49.6 Å². The van der Waals surface area contributed by atoms with E-state index in [1.54, 1.807) is 18.2 Å². The van der Waals surface area contributed by atoms with Crippen LogP contribution in [-0.4, -0.2) is 34.1 Å². The second-order valence-corrected chi connectivity index (χ2v) is 5.03. The van der Waals surface area contributed by atoms with E-state index < -0.39 is 0 Å². The maximum Gasteiger partial charge on any atom is 0.271 e. The summed E-state index contributed by atoms with van der Waals surface area (Å²) in [4.78, 5) is 14.1. The van der Waals surface area contributed by atoms with Crippen molar-refractivity contribution in [2.45, 2.75) is 19.3 Å². The van der Waals surface area contributed by atoms with Gasteiger partial charge >= 0.3 is 0 Å². The van der Waals surface area contributed by atoms with Crippen LogP contribution in [0.25, 0.3) is 11.3 Å². The van der Waals surface area contributed by atoms with Gasteiger partial charge in [0.15, 0.2) is 0 Å². The maximum absolute atomic E-state index is 12.9. The minimum absolute atomic E-state index is 0.00874. The first-order chi connectivity index (χ1) is 9.74. The third kappa shape index (κ3) is 2.57. The number of benzene rings is 1. The number of hydrogen-bond donors (Lipinski definition) is 1. The van der Waals surface area contributed by atoms with E-state index in [1.807, 2.05) is 4.90 Å². The summed E-state index contributed by atoms with van der Waals surface area (Å²) >= 11 is 0. The zero-order chi connectivity index (χ0) is 13.9. The van der Waals surface area contributed by atoms with Gasteiger partial charge in [-0.3, -0.25) is 9.89 Å². The number of carbonyl (C=O) groups excluding carboxylic acids is 1. The van der Waals surface area contributed by atoms with Crippen molar-refractivity contribution in [3.63, 3.8) is 0 Å². The Morgan fingerprint density at radius 2 is 1.85 bits per heavy atom. The van der Waals surface area contributed by atoms with Gasteiger partial charge in [-0.1, -0.05) is 0 Å². The zero-order valence-electron chi connectivity index (χ0n) is 11.1. The molecule has 2 heterocycles. The number of piperidine rings is 1. The highest BCUT2D eigenvalue weighted by atomic mass is 19.1. The number of H-pyrrole nitrogens is 1. The minimum Gasteiger partial charge on any atom is -0.337 e. The van der Waals surface area contributed by atoms with Crippen LogP contribution in [0.5, 0.6) is 0 Å². The van der Waals surface area contributed by atoms with E-state index in [1.165, 1.54) is 18.6 Å². The van der Waals surface area contributed by atoms with E-state index in [0.29, 0.717) is 11.4 Å². The molecule has 1 N–H and O–H groups in total. The number of amides is 1. The largest absolute Gasteiger partial charge is 0.337 e. The van der Waals surface area contributed by atoms with Crippen LogP contribution in [0.3, 0.4) is 0 Å². The topological polar surface area (TPSA) is 49.0 Å². The van der Waals surface area contributed by atoms with Crippen LogP contribution in [0.15, 0.2) is 30.3 Å². The molecular formula is C15H16FN3O. The molecule has 0 atom stereocenters. The lowest BCUT2D eigenvalue weighted by Crippen LogP contribution is -2.35. The molecule has 0 saturated carbocycles. The van der Waals surface area contributed by atoms with E-state index >= 15 is 0 Å². The number of nitrogens with one attached hydrogen (secondary N) is 1. The number of carbonyl (C=O) groups is 1. The Morgan fingerprint density at radius 1 is 1.15 bits per heavy atom. The van der Waals surface area contributed by atoms with Crippen molar-refractivity contribution in [2.24, 2.45) is 0 Å². The lowest BCUT2D eigenvalue weighted by Gasteiger charge is -2.25. The molecule has 3 rings (SSSR count). The number of aromatic nitrogens is 2. The molecule has 0 spiro atoms. The first kappa shape index (κ1) is 12.8. The van der Waals surface area contributed by atoms with Gasteiger partial charge < -0.3 is 4.90 Å². The molecule has 1 aliphatic heterocycles. The van der Waals surface area contributed by atoms with Crippen LogP contribution >= 0.6 is 0 Å². The van der Waals surface area contributed by atoms with Gasteiger partial charge in [0.25, 0.3) is 5.91 Å². The summed E-state index contributed by atoms with van der Waals surface area (Å²) in [5.74, 6) is -0.292. The Bertz CT molecular complexity index is 600. The molecule has 1 aromatic carbocycles. The summed E-state index contributed by atoms with van der Waals surface area (Å²) in [6.07, 6.45) is 3.31. The van der Waals surface area contributed by atoms with Crippen LogP contribution in [0.2, 0.25) is 0 Å². The molecule has 20 heavy (non-hydrogen) atoms. The van der Waals surface area contributed by atoms with Gasteiger partial charge in [0.2, 0.25) is 0 Å². The number of likely N-dealkylation sites (tertiary alicyclic amines) is 1. The van der Waals surface area contributed by atoms with E-state index in [4.69, 9.17) is 0 Å². The van der Waals surface area contributed by atoms with Gasteiger partial charge in [0.05, 0.1) is 5.69 Å². The summed E-state index contributed by atoms with van der Waals surface area (Å²) < 4.78 is 12.9. The van der Waals surface area contributed by atoms with Gasteiger partial charge in [0.1, 0.15) is 11.5 Å². The minimum atomic E-state index is -0.283. The smallest absolute Gasteiger partial charge is 0.271 e. The molecule has 0 bridgehead atoms. The zero-order valence-corrected chi connectivity index (χ0v) is 11.1. The van der Waals surface area contributed by atoms with E-state index in [9.17, 15) is 9.18 Å². The molecule has 1 amide bonds. The van der Waals surface area contributed by atoms with Crippen LogP contribution in [-0.2, 0) is 0 Å². The molecule has 1 aromatic heterocycles. The van der Waals surface area contributed by atoms with Crippen LogP contribution in [0, 0.1) is 5.82 Å². The number of nitrogens with zero attached hydrogens (tertiary/aromatic N) is 2. The molecule has 0 unspecified atom stereocenters. The summed E-state index contributed by atoms with van der Waals surface area (Å²) in [5.41, 5.74) is 1.94. The molecule has 0 aliphatic carbocycles. The fourth-order valence-electron chi connectivity index (χ4n) is 2.47. The van der Waals surface area contributed by atoms with Crippen molar-refractivity contribution < 1.29 is 9.18 Å². The standard InChI is InChI=1S/C15H16FN3O/c16-12-6-4-11(5-7-12)13-10-14(18-17-13)15(20)19-8-2-1-3-9-19/h4-7,10H,1-3,8-9H2,(H,17,18). The lowest BCUT2D eigenvalue weighted by atomic mass is 10.1. The maximum atomic E-state index is 12.9. The molecule has 2 aromatic rings. The second-order valence-electron chi connectivity index (χ2n) is 5.03. The molecule has 5 heteroatoms. The number of hydrogen-bond acceptors (Lipinski definition) is 2. The fourth-order valence-corrected chi connectivity index (χ4v) is 2.47. The molecule has 0 radical (unpaired) electrons. The third-order valence-corrected chi connectivity index (χ3v) is 3.59. The summed E-state index contributed by atoms with van der Waals surface area (Å²) in [6, 6.07) is 7.80. The van der Waals surface area contributed by atoms with Crippen LogP contribution < -0.4 is 0 Å². The van der Waals surface area contributed by atoms with Crippen molar-refractivity contribution in [3.8, 4) is 11.3 Å². The first-order valence-electron chi connectivity index (χ1n) is 6.85. The second kappa shape index (κ2) is 5.45. The van der Waals surface area contributed by atoms with Gasteiger partial charge in [-0.2, -0.15) is 5.10 Å². The van der Waals surface area contributed by atoms with Crippen LogP contribution in [0.4, 0.5) is 4.39 Å². The molecular weight excluding hydrogens is 257 g/mol. The SMILES string of the molecule is O=C(c1cc(-c2ccc(F)cc2)n[nH]1)N1CCCCC1. The molecule has 1 fully saturated rings. The summed E-state index contributed by atoms with van der Waals surface area (Å²) in [6.45, 7) is 1.62. The Balaban J connectivity index is 1.79. The summed E-state index contributed by atoms with van der Waals surface area (Å²) in [7, 11) is 0. The van der Waals surface area contributed by atoms with Gasteiger partial charge in [-0.25, -0.2) is 4.39 Å². The van der Waals surface area contributed by atoms with Crippen molar-refractivity contribution in [1.29, 1.82) is 0 Å². The van der Waals surface area contributed by atoms with Crippen molar-refractivity contribution in [2.75, 3.05) is 13.1 Å². The highest BCUT2D eigenvalue weighted by Gasteiger charge is 2.20. The number of rotatable bonds is 2. The van der Waals surface area contributed by atoms with E-state index in [-0.39, 0.29) is 11.7 Å². The molecule has 104 valence electrons. The Labute approximate surface area is 116 Å². The molecule has 1 saturated heterocycles. The van der Waals surface area contributed by atoms with Crippen molar-refractivity contribution in [1.82, 2.24) is 15.1 Å². The van der Waals surface area contributed by atoms with Gasteiger partial charge in [0, 0.05) is 18.7 Å².